The molecule has 0 saturated carbocycles. The molecular formula is C19H24N2O. The predicted molar refractivity (Wildman–Crippen MR) is 91.9 cm³/mol. The van der Waals surface area contributed by atoms with Crippen molar-refractivity contribution in [2.24, 2.45) is 0 Å². The molecule has 3 nitrogen and oxygen atoms in total. The van der Waals surface area contributed by atoms with Crippen molar-refractivity contribution < 1.29 is 4.79 Å². The SMILES string of the molecule is CC(CC(C)(C)c1ccccc1)NC(=O)c1cccc(N)c1. The highest BCUT2D eigenvalue weighted by Crippen LogP contribution is 2.28. The maximum Gasteiger partial charge on any atom is 0.251 e. The van der Waals surface area contributed by atoms with E-state index < -0.39 is 0 Å². The predicted octanol–water partition coefficient (Wildman–Crippen LogP) is 3.76. The molecule has 2 rings (SSSR count). The molecule has 0 bridgehead atoms. The zero-order valence-corrected chi connectivity index (χ0v) is 13.5. The molecule has 1 unspecified atom stereocenters. The standard InChI is InChI=1S/C19H24N2O/c1-14(13-19(2,3)16-9-5-4-6-10-16)21-18(22)15-8-7-11-17(20)12-15/h4-12,14H,13,20H2,1-3H3,(H,21,22). The van der Waals surface area contributed by atoms with Gasteiger partial charge in [-0.2, -0.15) is 0 Å². The van der Waals surface area contributed by atoms with Crippen LogP contribution in [0.4, 0.5) is 5.69 Å². The van der Waals surface area contributed by atoms with Gasteiger partial charge in [-0.05, 0) is 42.5 Å². The first-order chi connectivity index (χ1) is 10.4. The van der Waals surface area contributed by atoms with Gasteiger partial charge < -0.3 is 11.1 Å². The molecule has 2 aromatic carbocycles. The van der Waals surface area contributed by atoms with Gasteiger partial charge in [0.15, 0.2) is 0 Å². The summed E-state index contributed by atoms with van der Waals surface area (Å²) in [5.41, 5.74) is 8.21. The first-order valence-electron chi connectivity index (χ1n) is 7.60. The fraction of sp³-hybridized carbons (Fsp3) is 0.316. The molecule has 0 aliphatic carbocycles. The van der Waals surface area contributed by atoms with Crippen LogP contribution < -0.4 is 11.1 Å². The zero-order chi connectivity index (χ0) is 16.2. The average molecular weight is 296 g/mol. The van der Waals surface area contributed by atoms with Crippen molar-refractivity contribution in [1.29, 1.82) is 0 Å². The normalized spacial score (nSPS) is 12.7. The molecule has 0 aromatic heterocycles. The van der Waals surface area contributed by atoms with Crippen molar-refractivity contribution in [2.45, 2.75) is 38.6 Å². The Morgan fingerprint density at radius 2 is 1.82 bits per heavy atom. The molecule has 0 aliphatic rings. The lowest BCUT2D eigenvalue weighted by molar-refractivity contribution is 0.0934. The van der Waals surface area contributed by atoms with Crippen LogP contribution in [0.5, 0.6) is 0 Å². The second-order valence-corrected chi connectivity index (χ2v) is 6.45. The van der Waals surface area contributed by atoms with E-state index in [1.54, 1.807) is 24.3 Å². The molecule has 1 amide bonds. The number of carbonyl (C=O) groups excluding carboxylic acids is 1. The number of anilines is 1. The molecule has 2 aromatic rings. The minimum absolute atomic E-state index is 0.00364. The molecule has 1 atom stereocenters. The Morgan fingerprint density at radius 3 is 2.45 bits per heavy atom. The minimum Gasteiger partial charge on any atom is -0.399 e. The number of nitrogen functional groups attached to an aromatic ring is 1. The van der Waals surface area contributed by atoms with Crippen molar-refractivity contribution in [3.05, 3.63) is 65.7 Å². The van der Waals surface area contributed by atoms with Gasteiger partial charge in [0, 0.05) is 17.3 Å². The van der Waals surface area contributed by atoms with E-state index in [9.17, 15) is 4.79 Å². The highest BCUT2D eigenvalue weighted by Gasteiger charge is 2.24. The summed E-state index contributed by atoms with van der Waals surface area (Å²) < 4.78 is 0. The first-order valence-corrected chi connectivity index (χ1v) is 7.60. The summed E-state index contributed by atoms with van der Waals surface area (Å²) in [5.74, 6) is -0.0799. The maximum absolute atomic E-state index is 12.3. The van der Waals surface area contributed by atoms with E-state index in [4.69, 9.17) is 5.73 Å². The largest absolute Gasteiger partial charge is 0.399 e. The average Bonchev–Trinajstić information content (AvgIpc) is 2.47. The molecule has 0 radical (unpaired) electrons. The van der Waals surface area contributed by atoms with E-state index >= 15 is 0 Å². The number of carbonyl (C=O) groups is 1. The third-order valence-corrected chi connectivity index (χ3v) is 3.90. The minimum atomic E-state index is -0.0799. The quantitative estimate of drug-likeness (QED) is 0.826. The number of benzene rings is 2. The van der Waals surface area contributed by atoms with Crippen LogP contribution in [0.1, 0.15) is 43.1 Å². The molecule has 0 fully saturated rings. The molecule has 0 saturated heterocycles. The van der Waals surface area contributed by atoms with Crippen molar-refractivity contribution in [2.75, 3.05) is 5.73 Å². The van der Waals surface area contributed by atoms with Crippen molar-refractivity contribution in [3.8, 4) is 0 Å². The number of hydrogen-bond acceptors (Lipinski definition) is 2. The van der Waals surface area contributed by atoms with Crippen LogP contribution in [0.2, 0.25) is 0 Å². The topological polar surface area (TPSA) is 55.1 Å². The molecular weight excluding hydrogens is 272 g/mol. The maximum atomic E-state index is 12.3. The number of nitrogens with one attached hydrogen (secondary N) is 1. The Morgan fingerprint density at radius 1 is 1.14 bits per heavy atom. The van der Waals surface area contributed by atoms with Crippen LogP contribution >= 0.6 is 0 Å². The van der Waals surface area contributed by atoms with Gasteiger partial charge in [-0.25, -0.2) is 0 Å². The fourth-order valence-corrected chi connectivity index (χ4v) is 2.81. The van der Waals surface area contributed by atoms with Crippen LogP contribution in [0.15, 0.2) is 54.6 Å². The number of nitrogens with two attached hydrogens (primary N) is 1. The van der Waals surface area contributed by atoms with E-state index in [1.165, 1.54) is 5.56 Å². The van der Waals surface area contributed by atoms with Gasteiger partial charge in [-0.3, -0.25) is 4.79 Å². The Kier molecular flexibility index (Phi) is 4.86. The summed E-state index contributed by atoms with van der Waals surface area (Å²) in [7, 11) is 0. The van der Waals surface area contributed by atoms with E-state index in [2.05, 4.69) is 31.3 Å². The van der Waals surface area contributed by atoms with Gasteiger partial charge in [0.25, 0.3) is 5.91 Å². The molecule has 0 aliphatic heterocycles. The molecule has 3 N–H and O–H groups in total. The van der Waals surface area contributed by atoms with Gasteiger partial charge in [0.1, 0.15) is 0 Å². The van der Waals surface area contributed by atoms with E-state index in [0.717, 1.165) is 6.42 Å². The van der Waals surface area contributed by atoms with Gasteiger partial charge in [-0.1, -0.05) is 50.2 Å². The first kappa shape index (κ1) is 16.1. The zero-order valence-electron chi connectivity index (χ0n) is 13.5. The summed E-state index contributed by atoms with van der Waals surface area (Å²) >= 11 is 0. The van der Waals surface area contributed by atoms with Gasteiger partial charge >= 0.3 is 0 Å². The summed E-state index contributed by atoms with van der Waals surface area (Å²) in [5, 5.41) is 3.05. The van der Waals surface area contributed by atoms with Crippen molar-refractivity contribution >= 4 is 11.6 Å². The van der Waals surface area contributed by atoms with Gasteiger partial charge in [0.2, 0.25) is 0 Å². The van der Waals surface area contributed by atoms with Crippen LogP contribution in [0.3, 0.4) is 0 Å². The Hall–Kier alpha value is -2.29. The lowest BCUT2D eigenvalue weighted by Crippen LogP contribution is -2.37. The third kappa shape index (κ3) is 4.10. The van der Waals surface area contributed by atoms with Crippen molar-refractivity contribution in [3.63, 3.8) is 0 Å². The highest BCUT2D eigenvalue weighted by atomic mass is 16.1. The van der Waals surface area contributed by atoms with Crippen LogP contribution in [0, 0.1) is 0 Å². The lowest BCUT2D eigenvalue weighted by atomic mass is 9.79. The molecule has 116 valence electrons. The number of amides is 1. The summed E-state index contributed by atoms with van der Waals surface area (Å²) in [4.78, 5) is 12.3. The second-order valence-electron chi connectivity index (χ2n) is 6.45. The monoisotopic (exact) mass is 296 g/mol. The highest BCUT2D eigenvalue weighted by molar-refractivity contribution is 5.95. The molecule has 0 heterocycles. The van der Waals surface area contributed by atoms with Gasteiger partial charge in [-0.15, -0.1) is 0 Å². The number of hydrogen-bond donors (Lipinski definition) is 2. The number of rotatable bonds is 5. The summed E-state index contributed by atoms with van der Waals surface area (Å²) in [6, 6.07) is 17.5. The molecule has 0 spiro atoms. The smallest absolute Gasteiger partial charge is 0.251 e. The fourth-order valence-electron chi connectivity index (χ4n) is 2.81. The summed E-state index contributed by atoms with van der Waals surface area (Å²) in [6.45, 7) is 6.44. The van der Waals surface area contributed by atoms with Crippen LogP contribution in [0.25, 0.3) is 0 Å². The lowest BCUT2D eigenvalue weighted by Gasteiger charge is -2.29. The molecule has 22 heavy (non-hydrogen) atoms. The Labute approximate surface area is 132 Å². The van der Waals surface area contributed by atoms with Crippen LogP contribution in [-0.4, -0.2) is 11.9 Å². The second kappa shape index (κ2) is 6.65. The van der Waals surface area contributed by atoms with E-state index in [0.29, 0.717) is 11.3 Å². The van der Waals surface area contributed by atoms with Gasteiger partial charge in [0.05, 0.1) is 0 Å². The third-order valence-electron chi connectivity index (χ3n) is 3.90. The van der Waals surface area contributed by atoms with E-state index in [1.807, 2.05) is 25.1 Å². The molecule has 3 heteroatoms. The van der Waals surface area contributed by atoms with E-state index in [-0.39, 0.29) is 17.4 Å². The Bertz CT molecular complexity index is 635. The van der Waals surface area contributed by atoms with Crippen LogP contribution in [-0.2, 0) is 5.41 Å². The Balaban J connectivity index is 2.00. The van der Waals surface area contributed by atoms with Crippen molar-refractivity contribution in [1.82, 2.24) is 5.32 Å². The summed E-state index contributed by atoms with van der Waals surface area (Å²) in [6.07, 6.45) is 0.866.